The van der Waals surface area contributed by atoms with E-state index >= 15 is 0 Å². The Hall–Kier alpha value is -2.73. The Bertz CT molecular complexity index is 838. The maximum atomic E-state index is 10.9. The molecule has 6 nitrogen and oxygen atoms in total. The number of rotatable bonds is 3. The number of nitrogens with one attached hydrogen (secondary N) is 1. The predicted octanol–water partition coefficient (Wildman–Crippen LogP) is 3.12. The van der Waals surface area contributed by atoms with Crippen molar-refractivity contribution in [3.8, 4) is 0 Å². The number of nitrogens with zero attached hydrogens (tertiary/aromatic N) is 3. The quantitative estimate of drug-likeness (QED) is 0.772. The van der Waals surface area contributed by atoms with E-state index in [2.05, 4.69) is 20.3 Å². The summed E-state index contributed by atoms with van der Waals surface area (Å²) in [6.07, 6.45) is 3.16. The summed E-state index contributed by atoms with van der Waals surface area (Å²) in [5.74, 6) is -0.476. The van der Waals surface area contributed by atoms with Crippen LogP contribution in [0.2, 0.25) is 5.02 Å². The molecule has 0 aliphatic heterocycles. The molecule has 3 aromatic rings. The van der Waals surface area contributed by atoms with Gasteiger partial charge in [0, 0.05) is 12.4 Å². The van der Waals surface area contributed by atoms with Crippen LogP contribution in [0.15, 0.2) is 42.7 Å². The molecule has 3 rings (SSSR count). The van der Waals surface area contributed by atoms with E-state index in [0.717, 1.165) is 0 Å². The molecule has 0 radical (unpaired) electrons. The monoisotopic (exact) mass is 300 g/mol. The molecule has 2 N–H and O–H groups in total. The van der Waals surface area contributed by atoms with E-state index in [4.69, 9.17) is 16.7 Å². The molecule has 0 bridgehead atoms. The van der Waals surface area contributed by atoms with Crippen LogP contribution in [-0.2, 0) is 0 Å². The van der Waals surface area contributed by atoms with Crippen molar-refractivity contribution in [1.29, 1.82) is 0 Å². The van der Waals surface area contributed by atoms with E-state index in [1.165, 1.54) is 12.1 Å². The Labute approximate surface area is 124 Å². The number of carboxylic acid groups (broad SMARTS) is 1. The van der Waals surface area contributed by atoms with E-state index in [1.54, 1.807) is 30.6 Å². The molecule has 2 heterocycles. The van der Waals surface area contributed by atoms with E-state index in [1.807, 2.05) is 0 Å². The highest BCUT2D eigenvalue weighted by Gasteiger charge is 2.08. The second kappa shape index (κ2) is 5.34. The lowest BCUT2D eigenvalue weighted by Crippen LogP contribution is -1.99. The van der Waals surface area contributed by atoms with Crippen molar-refractivity contribution in [1.82, 2.24) is 15.0 Å². The summed E-state index contributed by atoms with van der Waals surface area (Å²) in [7, 11) is 0. The van der Waals surface area contributed by atoms with Gasteiger partial charge in [-0.05, 0) is 30.3 Å². The molecule has 0 unspecified atom stereocenters. The Kier molecular flexibility index (Phi) is 3.37. The summed E-state index contributed by atoms with van der Waals surface area (Å²) in [5.41, 5.74) is 1.90. The van der Waals surface area contributed by atoms with Gasteiger partial charge in [0.2, 0.25) is 0 Å². The highest BCUT2D eigenvalue weighted by molar-refractivity contribution is 6.33. The third-order valence-electron chi connectivity index (χ3n) is 2.81. The van der Waals surface area contributed by atoms with Crippen molar-refractivity contribution in [2.75, 3.05) is 5.32 Å². The normalized spacial score (nSPS) is 10.5. The van der Waals surface area contributed by atoms with Gasteiger partial charge in [-0.3, -0.25) is 4.98 Å². The maximum absolute atomic E-state index is 10.9. The van der Waals surface area contributed by atoms with Crippen molar-refractivity contribution < 1.29 is 9.90 Å². The molecule has 0 atom stereocenters. The van der Waals surface area contributed by atoms with Crippen molar-refractivity contribution in [3.63, 3.8) is 0 Å². The van der Waals surface area contributed by atoms with Crippen LogP contribution in [-0.4, -0.2) is 26.0 Å². The zero-order valence-corrected chi connectivity index (χ0v) is 11.4. The minimum atomic E-state index is -1.03. The SMILES string of the molecule is O=C(O)c1ccc(Nc2ccc3nccnc3n2)c(Cl)c1. The second-order valence-corrected chi connectivity index (χ2v) is 4.63. The average molecular weight is 301 g/mol. The maximum Gasteiger partial charge on any atom is 0.335 e. The van der Waals surface area contributed by atoms with Gasteiger partial charge in [-0.15, -0.1) is 0 Å². The largest absolute Gasteiger partial charge is 0.478 e. The smallest absolute Gasteiger partial charge is 0.335 e. The summed E-state index contributed by atoms with van der Waals surface area (Å²) in [5, 5.41) is 12.2. The Morgan fingerprint density at radius 2 is 1.95 bits per heavy atom. The first-order valence-electron chi connectivity index (χ1n) is 6.01. The fraction of sp³-hybridized carbons (Fsp3) is 0. The van der Waals surface area contributed by atoms with Gasteiger partial charge in [0.05, 0.1) is 16.3 Å². The van der Waals surface area contributed by atoms with Crippen molar-refractivity contribution >= 4 is 40.2 Å². The van der Waals surface area contributed by atoms with Crippen LogP contribution in [0.3, 0.4) is 0 Å². The van der Waals surface area contributed by atoms with Crippen molar-refractivity contribution in [3.05, 3.63) is 53.3 Å². The number of carboxylic acids is 1. The Morgan fingerprint density at radius 1 is 1.14 bits per heavy atom. The minimum Gasteiger partial charge on any atom is -0.478 e. The molecule has 2 aromatic heterocycles. The van der Waals surface area contributed by atoms with Gasteiger partial charge in [-0.25, -0.2) is 14.8 Å². The van der Waals surface area contributed by atoms with Crippen LogP contribution in [0.1, 0.15) is 10.4 Å². The Balaban J connectivity index is 1.93. The molecular formula is C14H9ClN4O2. The van der Waals surface area contributed by atoms with Crippen LogP contribution in [0.5, 0.6) is 0 Å². The fourth-order valence-electron chi connectivity index (χ4n) is 1.81. The third kappa shape index (κ3) is 2.75. The number of hydrogen-bond donors (Lipinski definition) is 2. The summed E-state index contributed by atoms with van der Waals surface area (Å²) in [6, 6.07) is 7.98. The van der Waals surface area contributed by atoms with Crippen molar-refractivity contribution in [2.24, 2.45) is 0 Å². The summed E-state index contributed by atoms with van der Waals surface area (Å²) in [4.78, 5) is 23.4. The molecule has 21 heavy (non-hydrogen) atoms. The summed E-state index contributed by atoms with van der Waals surface area (Å²) < 4.78 is 0. The molecule has 0 amide bonds. The third-order valence-corrected chi connectivity index (χ3v) is 3.12. The van der Waals surface area contributed by atoms with Gasteiger partial charge in [0.15, 0.2) is 5.65 Å². The highest BCUT2D eigenvalue weighted by Crippen LogP contribution is 2.26. The summed E-state index contributed by atoms with van der Waals surface area (Å²) >= 11 is 6.06. The van der Waals surface area contributed by atoms with Gasteiger partial charge >= 0.3 is 5.97 Å². The first kappa shape index (κ1) is 13.3. The molecule has 104 valence electrons. The lowest BCUT2D eigenvalue weighted by molar-refractivity contribution is 0.0697. The van der Waals surface area contributed by atoms with Crippen LogP contribution < -0.4 is 5.32 Å². The molecule has 0 fully saturated rings. The second-order valence-electron chi connectivity index (χ2n) is 4.22. The number of hydrogen-bond acceptors (Lipinski definition) is 5. The summed E-state index contributed by atoms with van der Waals surface area (Å²) in [6.45, 7) is 0. The molecule has 0 saturated carbocycles. The zero-order valence-electron chi connectivity index (χ0n) is 10.6. The lowest BCUT2D eigenvalue weighted by atomic mass is 10.2. The van der Waals surface area contributed by atoms with Crippen LogP contribution in [0.25, 0.3) is 11.2 Å². The number of benzene rings is 1. The zero-order chi connectivity index (χ0) is 14.8. The molecule has 0 saturated heterocycles. The molecular weight excluding hydrogens is 292 g/mol. The van der Waals surface area contributed by atoms with E-state index < -0.39 is 5.97 Å². The molecule has 7 heteroatoms. The van der Waals surface area contributed by atoms with Crippen molar-refractivity contribution in [2.45, 2.75) is 0 Å². The van der Waals surface area contributed by atoms with Crippen LogP contribution in [0, 0.1) is 0 Å². The van der Waals surface area contributed by atoms with E-state index in [-0.39, 0.29) is 5.56 Å². The lowest BCUT2D eigenvalue weighted by Gasteiger charge is -2.08. The highest BCUT2D eigenvalue weighted by atomic mass is 35.5. The molecule has 0 spiro atoms. The minimum absolute atomic E-state index is 0.128. The van der Waals surface area contributed by atoms with E-state index in [0.29, 0.717) is 27.7 Å². The predicted molar refractivity (Wildman–Crippen MR) is 79.0 cm³/mol. The first-order valence-corrected chi connectivity index (χ1v) is 6.39. The van der Waals surface area contributed by atoms with Gasteiger partial charge in [-0.2, -0.15) is 0 Å². The first-order chi connectivity index (χ1) is 10.1. The fourth-order valence-corrected chi connectivity index (χ4v) is 2.04. The number of anilines is 2. The van der Waals surface area contributed by atoms with Gasteiger partial charge in [0.25, 0.3) is 0 Å². The van der Waals surface area contributed by atoms with Gasteiger partial charge in [0.1, 0.15) is 11.3 Å². The van der Waals surface area contributed by atoms with Gasteiger partial charge < -0.3 is 10.4 Å². The standard InChI is InChI=1S/C14H9ClN4O2/c15-9-7-8(14(20)21)1-2-10(9)18-12-4-3-11-13(19-12)17-6-5-16-11/h1-7H,(H,20,21)(H,17,18,19). The molecule has 0 aliphatic rings. The number of pyridine rings is 1. The molecule has 0 aliphatic carbocycles. The average Bonchev–Trinajstić information content (AvgIpc) is 2.49. The number of fused-ring (bicyclic) bond motifs is 1. The van der Waals surface area contributed by atoms with Crippen LogP contribution >= 0.6 is 11.6 Å². The van der Waals surface area contributed by atoms with Crippen LogP contribution in [0.4, 0.5) is 11.5 Å². The topological polar surface area (TPSA) is 88.0 Å². The van der Waals surface area contributed by atoms with E-state index in [9.17, 15) is 4.79 Å². The molecule has 1 aromatic carbocycles. The number of halogens is 1. The number of aromatic carboxylic acids is 1. The Morgan fingerprint density at radius 3 is 2.71 bits per heavy atom. The van der Waals surface area contributed by atoms with Gasteiger partial charge in [-0.1, -0.05) is 11.6 Å². The number of aromatic nitrogens is 3. The number of carbonyl (C=O) groups is 1.